The Morgan fingerprint density at radius 3 is 2.45 bits per heavy atom. The number of primary amides is 1. The van der Waals surface area contributed by atoms with E-state index in [2.05, 4.69) is 5.32 Å². The molecule has 5 heteroatoms. The largest absolute Gasteiger partial charge is 0.369 e. The summed E-state index contributed by atoms with van der Waals surface area (Å²) in [5, 5.41) is 11.5. The molecule has 1 aliphatic rings. The molecule has 2 amide bonds. The van der Waals surface area contributed by atoms with E-state index in [0.717, 1.165) is 0 Å². The van der Waals surface area contributed by atoms with Crippen molar-refractivity contribution in [3.05, 3.63) is 47.5 Å². The first-order valence-electron chi connectivity index (χ1n) is 6.37. The van der Waals surface area contributed by atoms with Crippen molar-refractivity contribution < 1.29 is 9.59 Å². The molecule has 20 heavy (non-hydrogen) atoms. The van der Waals surface area contributed by atoms with Crippen molar-refractivity contribution >= 4 is 11.8 Å². The molecule has 2 rings (SSSR count). The molecule has 0 aliphatic heterocycles. The van der Waals surface area contributed by atoms with Crippen LogP contribution in [0.3, 0.4) is 0 Å². The van der Waals surface area contributed by atoms with Gasteiger partial charge in [0.25, 0.3) is 5.91 Å². The summed E-state index contributed by atoms with van der Waals surface area (Å²) in [4.78, 5) is 23.5. The number of nitrogens with zero attached hydrogens (tertiary/aromatic N) is 1. The Morgan fingerprint density at radius 1 is 1.20 bits per heavy atom. The molecule has 0 fully saturated rings. The summed E-state index contributed by atoms with van der Waals surface area (Å²) in [5.74, 6) is -1.04. The van der Waals surface area contributed by atoms with Crippen LogP contribution in [-0.2, 0) is 4.79 Å². The van der Waals surface area contributed by atoms with Crippen LogP contribution in [0.2, 0.25) is 0 Å². The molecule has 0 heterocycles. The van der Waals surface area contributed by atoms with Crippen molar-refractivity contribution in [2.24, 2.45) is 11.7 Å². The number of benzene rings is 1. The molecule has 0 aromatic heterocycles. The molecule has 102 valence electrons. The minimum Gasteiger partial charge on any atom is -0.369 e. The molecule has 3 N–H and O–H groups in total. The van der Waals surface area contributed by atoms with Gasteiger partial charge in [0.2, 0.25) is 5.91 Å². The van der Waals surface area contributed by atoms with Gasteiger partial charge >= 0.3 is 0 Å². The lowest BCUT2D eigenvalue weighted by atomic mass is 9.88. The maximum atomic E-state index is 12.1. The van der Waals surface area contributed by atoms with Gasteiger partial charge in [-0.15, -0.1) is 0 Å². The van der Waals surface area contributed by atoms with E-state index >= 15 is 0 Å². The molecule has 1 aromatic rings. The van der Waals surface area contributed by atoms with E-state index in [-0.39, 0.29) is 17.9 Å². The maximum Gasteiger partial charge on any atom is 0.251 e. The first-order valence-corrected chi connectivity index (χ1v) is 6.37. The molecule has 1 aliphatic carbocycles. The molecular formula is C15H15N3O2. The number of nitrogens with one attached hydrogen (secondary N) is 1. The molecule has 5 nitrogen and oxygen atoms in total. The number of amides is 2. The fourth-order valence-corrected chi connectivity index (χ4v) is 2.24. The van der Waals surface area contributed by atoms with Gasteiger partial charge < -0.3 is 11.1 Å². The summed E-state index contributed by atoms with van der Waals surface area (Å²) < 4.78 is 0. The Morgan fingerprint density at radius 2 is 1.85 bits per heavy atom. The van der Waals surface area contributed by atoms with Crippen LogP contribution in [0.5, 0.6) is 0 Å². The summed E-state index contributed by atoms with van der Waals surface area (Å²) in [7, 11) is 0. The molecular weight excluding hydrogens is 254 g/mol. The van der Waals surface area contributed by atoms with E-state index in [1.54, 1.807) is 24.3 Å². The highest BCUT2D eigenvalue weighted by molar-refractivity contribution is 5.95. The van der Waals surface area contributed by atoms with Gasteiger partial charge in [-0.2, -0.15) is 5.26 Å². The number of nitriles is 1. The molecule has 0 unspecified atom stereocenters. The van der Waals surface area contributed by atoms with E-state index < -0.39 is 5.91 Å². The zero-order chi connectivity index (χ0) is 14.5. The van der Waals surface area contributed by atoms with Crippen molar-refractivity contribution in [3.63, 3.8) is 0 Å². The molecule has 0 saturated carbocycles. The van der Waals surface area contributed by atoms with Crippen LogP contribution in [-0.4, -0.2) is 17.9 Å². The van der Waals surface area contributed by atoms with Crippen LogP contribution < -0.4 is 11.1 Å². The third kappa shape index (κ3) is 3.04. The number of hydrogen-bond donors (Lipinski definition) is 2. The standard InChI is InChI=1S/C15H15N3O2/c16-9-10-5-7-11(8-6-10)15(20)18-13-4-2-1-3-12(13)14(17)19/h1-2,5-8,12-13H,3-4H2,(H2,17,19)(H,18,20)/t12-,13-/m0/s1. The first-order chi connectivity index (χ1) is 9.61. The third-order valence-corrected chi connectivity index (χ3v) is 3.39. The van der Waals surface area contributed by atoms with Crippen LogP contribution in [0.15, 0.2) is 36.4 Å². The van der Waals surface area contributed by atoms with Crippen molar-refractivity contribution in [1.82, 2.24) is 5.32 Å². The normalized spacial score (nSPS) is 20.9. The van der Waals surface area contributed by atoms with Gasteiger partial charge in [-0.25, -0.2) is 0 Å². The Bertz CT molecular complexity index is 584. The van der Waals surface area contributed by atoms with Gasteiger partial charge in [0.1, 0.15) is 0 Å². The average Bonchev–Trinajstić information content (AvgIpc) is 2.47. The molecule has 0 saturated heterocycles. The predicted molar refractivity (Wildman–Crippen MR) is 73.5 cm³/mol. The Kier molecular flexibility index (Phi) is 4.16. The van der Waals surface area contributed by atoms with E-state index in [9.17, 15) is 9.59 Å². The summed E-state index contributed by atoms with van der Waals surface area (Å²) in [6.07, 6.45) is 4.98. The Labute approximate surface area is 117 Å². The molecule has 0 radical (unpaired) electrons. The monoisotopic (exact) mass is 269 g/mol. The summed E-state index contributed by atoms with van der Waals surface area (Å²) in [6, 6.07) is 8.06. The minimum atomic E-state index is -0.403. The van der Waals surface area contributed by atoms with Crippen molar-refractivity contribution in [2.75, 3.05) is 0 Å². The van der Waals surface area contributed by atoms with Gasteiger partial charge in [-0.1, -0.05) is 12.2 Å². The van der Waals surface area contributed by atoms with Gasteiger partial charge in [0, 0.05) is 11.6 Å². The maximum absolute atomic E-state index is 12.1. The zero-order valence-corrected chi connectivity index (χ0v) is 10.9. The number of allylic oxidation sites excluding steroid dienone is 1. The van der Waals surface area contributed by atoms with E-state index in [0.29, 0.717) is 24.0 Å². The van der Waals surface area contributed by atoms with Crippen LogP contribution in [0.4, 0.5) is 0 Å². The summed E-state index contributed by atoms with van der Waals surface area (Å²) in [5.41, 5.74) is 6.31. The average molecular weight is 269 g/mol. The summed E-state index contributed by atoms with van der Waals surface area (Å²) >= 11 is 0. The zero-order valence-electron chi connectivity index (χ0n) is 10.9. The lowest BCUT2D eigenvalue weighted by molar-refractivity contribution is -0.122. The number of carbonyl (C=O) groups excluding carboxylic acids is 2. The minimum absolute atomic E-state index is 0.263. The number of hydrogen-bond acceptors (Lipinski definition) is 3. The second-order valence-electron chi connectivity index (χ2n) is 4.72. The van der Waals surface area contributed by atoms with Gasteiger partial charge in [-0.05, 0) is 37.1 Å². The van der Waals surface area contributed by atoms with Crippen LogP contribution in [0.1, 0.15) is 28.8 Å². The van der Waals surface area contributed by atoms with Crippen LogP contribution >= 0.6 is 0 Å². The molecule has 2 atom stereocenters. The van der Waals surface area contributed by atoms with Gasteiger partial charge in [-0.3, -0.25) is 9.59 Å². The molecule has 0 spiro atoms. The van der Waals surface area contributed by atoms with Crippen LogP contribution in [0.25, 0.3) is 0 Å². The molecule has 1 aromatic carbocycles. The number of rotatable bonds is 3. The fraction of sp³-hybridized carbons (Fsp3) is 0.267. The second kappa shape index (κ2) is 6.02. The second-order valence-corrected chi connectivity index (χ2v) is 4.72. The van der Waals surface area contributed by atoms with Gasteiger partial charge in [0.05, 0.1) is 17.6 Å². The highest BCUT2D eigenvalue weighted by atomic mass is 16.2. The van der Waals surface area contributed by atoms with Crippen molar-refractivity contribution in [1.29, 1.82) is 5.26 Å². The van der Waals surface area contributed by atoms with E-state index in [1.165, 1.54) is 0 Å². The van der Waals surface area contributed by atoms with Gasteiger partial charge in [0.15, 0.2) is 0 Å². The lowest BCUT2D eigenvalue weighted by Crippen LogP contribution is -2.46. The third-order valence-electron chi connectivity index (χ3n) is 3.39. The quantitative estimate of drug-likeness (QED) is 0.804. The predicted octanol–water partition coefficient (Wildman–Crippen LogP) is 1.11. The van der Waals surface area contributed by atoms with E-state index in [4.69, 9.17) is 11.0 Å². The topological polar surface area (TPSA) is 96.0 Å². The SMILES string of the molecule is N#Cc1ccc(C(=O)N[C@H]2CC=CC[C@@H]2C(N)=O)cc1. The van der Waals surface area contributed by atoms with Crippen molar-refractivity contribution in [2.45, 2.75) is 18.9 Å². The van der Waals surface area contributed by atoms with E-state index in [1.807, 2.05) is 18.2 Å². The van der Waals surface area contributed by atoms with Crippen molar-refractivity contribution in [3.8, 4) is 6.07 Å². The smallest absolute Gasteiger partial charge is 0.251 e. The lowest BCUT2D eigenvalue weighted by Gasteiger charge is -2.26. The fourth-order valence-electron chi connectivity index (χ4n) is 2.24. The highest BCUT2D eigenvalue weighted by Crippen LogP contribution is 2.19. The number of nitrogens with two attached hydrogens (primary N) is 1. The number of carbonyl (C=O) groups is 2. The molecule has 0 bridgehead atoms. The Hall–Kier alpha value is -2.61. The first kappa shape index (κ1) is 13.8. The highest BCUT2D eigenvalue weighted by Gasteiger charge is 2.28. The Balaban J connectivity index is 2.08. The van der Waals surface area contributed by atoms with Crippen LogP contribution in [0, 0.1) is 17.2 Å². The summed E-state index contributed by atoms with van der Waals surface area (Å²) in [6.45, 7) is 0.